The normalized spacial score (nSPS) is 28.8. The molecule has 0 unspecified atom stereocenters. The van der Waals surface area contributed by atoms with E-state index in [1.165, 1.54) is 64.8 Å². The van der Waals surface area contributed by atoms with Crippen LogP contribution in [0.4, 0.5) is 0 Å². The zero-order valence-corrected chi connectivity index (χ0v) is 10.8. The molecular formula is C14H27N2+. The van der Waals surface area contributed by atoms with Crippen molar-refractivity contribution < 1.29 is 4.58 Å². The van der Waals surface area contributed by atoms with E-state index < -0.39 is 0 Å². The summed E-state index contributed by atoms with van der Waals surface area (Å²) in [4.78, 5) is 2.71. The van der Waals surface area contributed by atoms with Crippen molar-refractivity contribution in [1.82, 2.24) is 4.90 Å². The molecule has 2 heterocycles. The molecule has 0 aromatic carbocycles. The molecular weight excluding hydrogens is 196 g/mol. The molecule has 2 heteroatoms. The minimum atomic E-state index is 0.943. The zero-order valence-electron chi connectivity index (χ0n) is 10.8. The summed E-state index contributed by atoms with van der Waals surface area (Å²) < 4.78 is 2.22. The van der Waals surface area contributed by atoms with Crippen molar-refractivity contribution in [2.45, 2.75) is 39.0 Å². The van der Waals surface area contributed by atoms with E-state index >= 15 is 0 Å². The highest BCUT2D eigenvalue weighted by Gasteiger charge is 2.26. The molecule has 2 nitrogen and oxygen atoms in total. The summed E-state index contributed by atoms with van der Waals surface area (Å²) in [5.41, 5.74) is 0. The Hall–Kier alpha value is -0.370. The zero-order chi connectivity index (χ0) is 11.4. The van der Waals surface area contributed by atoms with Crippen LogP contribution in [-0.2, 0) is 0 Å². The van der Waals surface area contributed by atoms with Gasteiger partial charge in [-0.1, -0.05) is 13.3 Å². The standard InChI is InChI=1S/C14H27N2/c1-3-4-13-7-10-16(11-13)12-14-5-8-15(2)9-6-14/h13-14H,2-12H2,1H3/q+1/t13-/m0/s1. The Labute approximate surface area is 100 Å². The van der Waals surface area contributed by atoms with E-state index in [4.69, 9.17) is 0 Å². The smallest absolute Gasteiger partial charge is 0.142 e. The second-order valence-electron chi connectivity index (χ2n) is 5.76. The van der Waals surface area contributed by atoms with Crippen LogP contribution in [0.3, 0.4) is 0 Å². The van der Waals surface area contributed by atoms with E-state index in [0.29, 0.717) is 0 Å². The number of likely N-dealkylation sites (tertiary alicyclic amines) is 1. The van der Waals surface area contributed by atoms with Gasteiger partial charge in [0.15, 0.2) is 0 Å². The summed E-state index contributed by atoms with van der Waals surface area (Å²) in [5.74, 6) is 1.94. The highest BCUT2D eigenvalue weighted by atomic mass is 15.1. The maximum absolute atomic E-state index is 4.02. The third kappa shape index (κ3) is 3.31. The van der Waals surface area contributed by atoms with Crippen LogP contribution < -0.4 is 0 Å². The van der Waals surface area contributed by atoms with Gasteiger partial charge in [-0.2, -0.15) is 0 Å². The summed E-state index contributed by atoms with van der Waals surface area (Å²) in [6, 6.07) is 0. The van der Waals surface area contributed by atoms with Crippen LogP contribution in [-0.4, -0.2) is 48.9 Å². The molecule has 16 heavy (non-hydrogen) atoms. The minimum Gasteiger partial charge on any atom is -0.303 e. The average molecular weight is 223 g/mol. The number of hydrogen-bond acceptors (Lipinski definition) is 1. The Morgan fingerprint density at radius 2 is 1.94 bits per heavy atom. The highest BCUT2D eigenvalue weighted by Crippen LogP contribution is 2.24. The van der Waals surface area contributed by atoms with Gasteiger partial charge in [-0.3, -0.25) is 0 Å². The summed E-state index contributed by atoms with van der Waals surface area (Å²) in [5, 5.41) is 0. The van der Waals surface area contributed by atoms with Gasteiger partial charge in [-0.15, -0.1) is 0 Å². The topological polar surface area (TPSA) is 6.25 Å². The number of rotatable bonds is 4. The maximum atomic E-state index is 4.02. The van der Waals surface area contributed by atoms with Crippen molar-refractivity contribution in [3.63, 3.8) is 0 Å². The fourth-order valence-electron chi connectivity index (χ4n) is 3.26. The molecule has 2 aliphatic heterocycles. The molecule has 0 aromatic heterocycles. The third-order valence-electron chi connectivity index (χ3n) is 4.29. The van der Waals surface area contributed by atoms with Crippen LogP contribution in [0.2, 0.25) is 0 Å². The molecule has 0 radical (unpaired) electrons. The fourth-order valence-corrected chi connectivity index (χ4v) is 3.26. The Morgan fingerprint density at radius 1 is 1.19 bits per heavy atom. The molecule has 0 bridgehead atoms. The summed E-state index contributed by atoms with van der Waals surface area (Å²) in [7, 11) is 0. The van der Waals surface area contributed by atoms with E-state index in [-0.39, 0.29) is 0 Å². The van der Waals surface area contributed by atoms with Crippen molar-refractivity contribution >= 4 is 6.72 Å². The predicted molar refractivity (Wildman–Crippen MR) is 69.3 cm³/mol. The Balaban J connectivity index is 1.68. The molecule has 2 fully saturated rings. The van der Waals surface area contributed by atoms with Gasteiger partial charge in [0.05, 0.1) is 0 Å². The van der Waals surface area contributed by atoms with Crippen LogP contribution in [0.15, 0.2) is 0 Å². The average Bonchev–Trinajstić information content (AvgIpc) is 2.70. The molecule has 0 N–H and O–H groups in total. The molecule has 1 atom stereocenters. The van der Waals surface area contributed by atoms with Crippen LogP contribution in [0.25, 0.3) is 0 Å². The third-order valence-corrected chi connectivity index (χ3v) is 4.29. The number of piperidine rings is 1. The first-order valence-corrected chi connectivity index (χ1v) is 7.05. The first kappa shape index (κ1) is 12.1. The quantitative estimate of drug-likeness (QED) is 0.663. The van der Waals surface area contributed by atoms with Crippen LogP contribution in [0.5, 0.6) is 0 Å². The van der Waals surface area contributed by atoms with Crippen molar-refractivity contribution in [3.05, 3.63) is 0 Å². The van der Waals surface area contributed by atoms with Gasteiger partial charge in [0, 0.05) is 25.9 Å². The van der Waals surface area contributed by atoms with E-state index in [1.807, 2.05) is 0 Å². The van der Waals surface area contributed by atoms with Gasteiger partial charge in [0.25, 0.3) is 0 Å². The Kier molecular flexibility index (Phi) is 4.39. The molecule has 0 aromatic rings. The Bertz CT molecular complexity index is 227. The molecule has 92 valence electrons. The van der Waals surface area contributed by atoms with Crippen molar-refractivity contribution in [3.8, 4) is 0 Å². The number of nitrogens with zero attached hydrogens (tertiary/aromatic N) is 2. The van der Waals surface area contributed by atoms with Crippen molar-refractivity contribution in [1.29, 1.82) is 0 Å². The fraction of sp³-hybridized carbons (Fsp3) is 0.929. The second-order valence-corrected chi connectivity index (χ2v) is 5.76. The van der Waals surface area contributed by atoms with Gasteiger partial charge >= 0.3 is 0 Å². The molecule has 2 rings (SSSR count). The van der Waals surface area contributed by atoms with Crippen LogP contribution in [0.1, 0.15) is 39.0 Å². The molecule has 0 aliphatic carbocycles. The number of hydrogen-bond donors (Lipinski definition) is 0. The van der Waals surface area contributed by atoms with Crippen molar-refractivity contribution in [2.24, 2.45) is 11.8 Å². The van der Waals surface area contributed by atoms with Gasteiger partial charge in [0.2, 0.25) is 0 Å². The largest absolute Gasteiger partial charge is 0.303 e. The first-order chi connectivity index (χ1) is 7.78. The predicted octanol–water partition coefficient (Wildman–Crippen LogP) is 2.23. The maximum Gasteiger partial charge on any atom is 0.142 e. The molecule has 0 spiro atoms. The van der Waals surface area contributed by atoms with Gasteiger partial charge in [-0.05, 0) is 31.2 Å². The lowest BCUT2D eigenvalue weighted by Crippen LogP contribution is -2.33. The monoisotopic (exact) mass is 223 g/mol. The van der Waals surface area contributed by atoms with Crippen LogP contribution in [0, 0.1) is 11.8 Å². The lowest BCUT2D eigenvalue weighted by atomic mass is 9.97. The lowest BCUT2D eigenvalue weighted by Gasteiger charge is -2.25. The van der Waals surface area contributed by atoms with Gasteiger partial charge in [-0.25, -0.2) is 4.58 Å². The molecule has 2 saturated heterocycles. The molecule has 0 saturated carbocycles. The van der Waals surface area contributed by atoms with E-state index in [1.54, 1.807) is 0 Å². The lowest BCUT2D eigenvalue weighted by molar-refractivity contribution is -0.532. The Morgan fingerprint density at radius 3 is 2.62 bits per heavy atom. The van der Waals surface area contributed by atoms with E-state index in [0.717, 1.165) is 11.8 Å². The van der Waals surface area contributed by atoms with E-state index in [2.05, 4.69) is 23.1 Å². The summed E-state index contributed by atoms with van der Waals surface area (Å²) >= 11 is 0. The van der Waals surface area contributed by atoms with E-state index in [9.17, 15) is 0 Å². The van der Waals surface area contributed by atoms with Gasteiger partial charge < -0.3 is 4.90 Å². The van der Waals surface area contributed by atoms with Gasteiger partial charge in [0.1, 0.15) is 19.8 Å². The first-order valence-electron chi connectivity index (χ1n) is 7.05. The SMILES string of the molecule is C=[N+]1CCC(CN2CC[C@H](CCC)C2)CC1. The second kappa shape index (κ2) is 5.81. The van der Waals surface area contributed by atoms with Crippen molar-refractivity contribution in [2.75, 3.05) is 32.7 Å². The highest BCUT2D eigenvalue weighted by molar-refractivity contribution is 5.14. The summed E-state index contributed by atoms with van der Waals surface area (Å²) in [6.07, 6.45) is 6.96. The van der Waals surface area contributed by atoms with Crippen LogP contribution >= 0.6 is 0 Å². The molecule has 0 amide bonds. The minimum absolute atomic E-state index is 0.943. The summed E-state index contributed by atoms with van der Waals surface area (Å²) in [6.45, 7) is 12.8. The molecule has 2 aliphatic rings.